The predicted octanol–water partition coefficient (Wildman–Crippen LogP) is 3.32. The molecule has 1 amide bonds. The number of hydrogen-bond donors (Lipinski definition) is 1. The van der Waals surface area contributed by atoms with E-state index in [1.54, 1.807) is 24.3 Å². The highest BCUT2D eigenvalue weighted by atomic mass is 16.5. The van der Waals surface area contributed by atoms with Gasteiger partial charge >= 0.3 is 0 Å². The van der Waals surface area contributed by atoms with Crippen molar-refractivity contribution in [3.05, 3.63) is 78.2 Å². The highest BCUT2D eigenvalue weighted by Crippen LogP contribution is 2.18. The van der Waals surface area contributed by atoms with Crippen molar-refractivity contribution >= 4 is 11.6 Å². The maximum atomic E-state index is 12.2. The van der Waals surface area contributed by atoms with Gasteiger partial charge in [-0.2, -0.15) is 0 Å². The van der Waals surface area contributed by atoms with Crippen LogP contribution in [0.4, 0.5) is 5.69 Å². The first-order valence-corrected chi connectivity index (χ1v) is 7.69. The van der Waals surface area contributed by atoms with Gasteiger partial charge in [0, 0.05) is 11.8 Å². The average molecular weight is 335 g/mol. The molecule has 0 atom stereocenters. The molecular weight excluding hydrogens is 318 g/mol. The summed E-state index contributed by atoms with van der Waals surface area (Å²) in [5, 5.41) is 2.77. The van der Waals surface area contributed by atoms with Crippen molar-refractivity contribution in [2.45, 2.75) is 6.61 Å². The van der Waals surface area contributed by atoms with Crippen molar-refractivity contribution in [2.75, 3.05) is 12.4 Å². The highest BCUT2D eigenvalue weighted by Gasteiger charge is 2.09. The molecule has 0 spiro atoms. The van der Waals surface area contributed by atoms with Gasteiger partial charge < -0.3 is 14.8 Å². The van der Waals surface area contributed by atoms with Gasteiger partial charge in [-0.25, -0.2) is 9.97 Å². The molecule has 0 bridgehead atoms. The van der Waals surface area contributed by atoms with Crippen molar-refractivity contribution in [1.82, 2.24) is 9.97 Å². The van der Waals surface area contributed by atoms with Crippen LogP contribution in [0, 0.1) is 0 Å². The van der Waals surface area contributed by atoms with E-state index in [0.717, 1.165) is 11.3 Å². The van der Waals surface area contributed by atoms with Crippen LogP contribution in [-0.2, 0) is 6.61 Å². The number of benzene rings is 2. The summed E-state index contributed by atoms with van der Waals surface area (Å²) in [4.78, 5) is 20.0. The van der Waals surface area contributed by atoms with Gasteiger partial charge in [-0.1, -0.05) is 30.3 Å². The Kier molecular flexibility index (Phi) is 5.21. The molecule has 0 aliphatic carbocycles. The minimum absolute atomic E-state index is 0.233. The third-order valence-corrected chi connectivity index (χ3v) is 3.44. The van der Waals surface area contributed by atoms with Crippen LogP contribution in [0.1, 0.15) is 16.1 Å². The number of rotatable bonds is 6. The largest absolute Gasteiger partial charge is 0.489 e. The Bertz CT molecular complexity index is 836. The average Bonchev–Trinajstić information content (AvgIpc) is 2.68. The number of methoxy groups -OCH3 is 1. The maximum Gasteiger partial charge on any atom is 0.274 e. The second-order valence-corrected chi connectivity index (χ2v) is 5.20. The monoisotopic (exact) mass is 335 g/mol. The van der Waals surface area contributed by atoms with Gasteiger partial charge in [-0.3, -0.25) is 4.79 Å². The first-order chi connectivity index (χ1) is 12.2. The first-order valence-electron chi connectivity index (χ1n) is 7.69. The Morgan fingerprint density at radius 1 is 1.04 bits per heavy atom. The van der Waals surface area contributed by atoms with Crippen molar-refractivity contribution < 1.29 is 14.3 Å². The van der Waals surface area contributed by atoms with Crippen molar-refractivity contribution in [2.24, 2.45) is 0 Å². The number of nitrogens with zero attached hydrogens (tertiary/aromatic N) is 2. The molecule has 6 nitrogen and oxygen atoms in total. The molecule has 0 fully saturated rings. The normalized spacial score (nSPS) is 10.1. The molecule has 0 unspecified atom stereocenters. The summed E-state index contributed by atoms with van der Waals surface area (Å²) in [5.74, 6) is 0.731. The molecule has 0 radical (unpaired) electrons. The van der Waals surface area contributed by atoms with E-state index in [1.165, 1.54) is 19.5 Å². The summed E-state index contributed by atoms with van der Waals surface area (Å²) in [7, 11) is 1.48. The van der Waals surface area contributed by atoms with Crippen LogP contribution in [0.2, 0.25) is 0 Å². The number of nitrogens with one attached hydrogen (secondary N) is 1. The van der Waals surface area contributed by atoms with Gasteiger partial charge in [0.15, 0.2) is 0 Å². The molecule has 2 aromatic carbocycles. The fourth-order valence-corrected chi connectivity index (χ4v) is 2.15. The fourth-order valence-electron chi connectivity index (χ4n) is 2.15. The molecule has 3 aromatic rings. The van der Waals surface area contributed by atoms with Crippen LogP contribution in [0.15, 0.2) is 67.0 Å². The summed E-state index contributed by atoms with van der Waals surface area (Å²) in [6, 6.07) is 18.6. The zero-order chi connectivity index (χ0) is 17.5. The van der Waals surface area contributed by atoms with Gasteiger partial charge in [0.05, 0.1) is 7.11 Å². The molecule has 126 valence electrons. The number of ether oxygens (including phenoxy) is 2. The topological polar surface area (TPSA) is 73.3 Å². The molecule has 1 aromatic heterocycles. The Morgan fingerprint density at radius 3 is 2.52 bits per heavy atom. The molecule has 0 saturated heterocycles. The Labute approximate surface area is 145 Å². The van der Waals surface area contributed by atoms with E-state index < -0.39 is 0 Å². The van der Waals surface area contributed by atoms with Crippen molar-refractivity contribution in [1.29, 1.82) is 0 Å². The smallest absolute Gasteiger partial charge is 0.274 e. The van der Waals surface area contributed by atoms with E-state index >= 15 is 0 Å². The summed E-state index contributed by atoms with van der Waals surface area (Å²) in [6.07, 6.45) is 1.29. The summed E-state index contributed by atoms with van der Waals surface area (Å²) in [5.41, 5.74) is 1.98. The van der Waals surface area contributed by atoms with Crippen LogP contribution in [-0.4, -0.2) is 23.0 Å². The van der Waals surface area contributed by atoms with Crippen LogP contribution >= 0.6 is 0 Å². The second kappa shape index (κ2) is 7.92. The maximum absolute atomic E-state index is 12.2. The standard InChI is InChI=1S/C19H17N3O3/c1-24-18-11-17(20-13-21-18)19(23)22-15-7-9-16(10-8-15)25-12-14-5-3-2-4-6-14/h2-11,13H,12H2,1H3,(H,22,23). The van der Waals surface area contributed by atoms with Crippen LogP contribution < -0.4 is 14.8 Å². The van der Waals surface area contributed by atoms with Crippen LogP contribution in [0.3, 0.4) is 0 Å². The number of aromatic nitrogens is 2. The fraction of sp³-hybridized carbons (Fsp3) is 0.105. The zero-order valence-corrected chi connectivity index (χ0v) is 13.7. The number of anilines is 1. The first kappa shape index (κ1) is 16.4. The quantitative estimate of drug-likeness (QED) is 0.748. The van der Waals surface area contributed by atoms with E-state index in [2.05, 4.69) is 15.3 Å². The highest BCUT2D eigenvalue weighted by molar-refractivity contribution is 6.02. The molecule has 0 aliphatic heterocycles. The molecular formula is C19H17N3O3. The number of carbonyl (C=O) groups is 1. The lowest BCUT2D eigenvalue weighted by Gasteiger charge is -2.08. The Morgan fingerprint density at radius 2 is 1.80 bits per heavy atom. The molecule has 3 rings (SSSR count). The summed E-state index contributed by atoms with van der Waals surface area (Å²) >= 11 is 0. The lowest BCUT2D eigenvalue weighted by Crippen LogP contribution is -2.14. The Balaban J connectivity index is 1.59. The van der Waals surface area contributed by atoms with Gasteiger partial charge in [0.1, 0.15) is 24.4 Å². The third-order valence-electron chi connectivity index (χ3n) is 3.44. The Hall–Kier alpha value is -3.41. The van der Waals surface area contributed by atoms with Crippen molar-refractivity contribution in [3.8, 4) is 11.6 Å². The minimum atomic E-state index is -0.335. The molecule has 1 heterocycles. The molecule has 6 heteroatoms. The number of hydrogen-bond acceptors (Lipinski definition) is 5. The van der Waals surface area contributed by atoms with Gasteiger partial charge in [-0.05, 0) is 29.8 Å². The van der Waals surface area contributed by atoms with Gasteiger partial charge in [0.2, 0.25) is 5.88 Å². The molecule has 25 heavy (non-hydrogen) atoms. The van der Waals surface area contributed by atoms with Crippen molar-refractivity contribution in [3.63, 3.8) is 0 Å². The molecule has 1 N–H and O–H groups in total. The van der Waals surface area contributed by atoms with E-state index in [-0.39, 0.29) is 11.6 Å². The van der Waals surface area contributed by atoms with E-state index in [0.29, 0.717) is 18.2 Å². The lowest BCUT2D eigenvalue weighted by molar-refractivity contribution is 0.102. The molecule has 0 saturated carbocycles. The number of amides is 1. The number of carbonyl (C=O) groups excluding carboxylic acids is 1. The zero-order valence-electron chi connectivity index (χ0n) is 13.7. The summed E-state index contributed by atoms with van der Waals surface area (Å²) < 4.78 is 10.7. The molecule has 0 aliphatic rings. The van der Waals surface area contributed by atoms with Gasteiger partial charge in [0.25, 0.3) is 5.91 Å². The van der Waals surface area contributed by atoms with E-state index in [9.17, 15) is 4.79 Å². The van der Waals surface area contributed by atoms with Crippen LogP contribution in [0.5, 0.6) is 11.6 Å². The SMILES string of the molecule is COc1cc(C(=O)Nc2ccc(OCc3ccccc3)cc2)ncn1. The minimum Gasteiger partial charge on any atom is -0.489 e. The van der Waals surface area contributed by atoms with Gasteiger partial charge in [-0.15, -0.1) is 0 Å². The van der Waals surface area contributed by atoms with Crippen LogP contribution in [0.25, 0.3) is 0 Å². The van der Waals surface area contributed by atoms with E-state index in [1.807, 2.05) is 30.3 Å². The lowest BCUT2D eigenvalue weighted by atomic mass is 10.2. The predicted molar refractivity (Wildman–Crippen MR) is 93.8 cm³/mol. The summed E-state index contributed by atoms with van der Waals surface area (Å²) in [6.45, 7) is 0.493. The third kappa shape index (κ3) is 4.54. The van der Waals surface area contributed by atoms with E-state index in [4.69, 9.17) is 9.47 Å². The second-order valence-electron chi connectivity index (χ2n) is 5.20.